The molecule has 2 aliphatic carbocycles. The minimum Gasteiger partial charge on any atom is -0.490 e. The number of hydrogen-bond donors (Lipinski definition) is 0. The largest absolute Gasteiger partial charge is 0.490 e. The van der Waals surface area contributed by atoms with E-state index in [2.05, 4.69) is 19.9 Å². The molecule has 0 saturated heterocycles. The minimum absolute atomic E-state index is 0.205. The Bertz CT molecular complexity index is 1080. The molecule has 0 heterocycles. The van der Waals surface area contributed by atoms with E-state index < -0.39 is 23.3 Å². The van der Waals surface area contributed by atoms with E-state index in [-0.39, 0.29) is 23.5 Å². The number of unbranched alkanes of at least 4 members (excludes halogenated alkanes) is 3. The first kappa shape index (κ1) is 26.8. The van der Waals surface area contributed by atoms with Crippen LogP contribution in [0.5, 0.6) is 5.75 Å². The van der Waals surface area contributed by atoms with Crippen molar-refractivity contribution >= 4 is 0 Å². The van der Waals surface area contributed by atoms with Crippen molar-refractivity contribution in [1.82, 2.24) is 0 Å². The molecule has 5 heteroatoms. The maximum Gasteiger partial charge on any atom is 0.201 e. The summed E-state index contributed by atoms with van der Waals surface area (Å²) in [5.74, 6) is -2.88. The molecule has 0 spiro atoms. The highest BCUT2D eigenvalue weighted by Gasteiger charge is 2.39. The number of hydrogen-bond acceptors (Lipinski definition) is 1. The number of fused-ring (bicyclic) bond motifs is 1. The van der Waals surface area contributed by atoms with Crippen molar-refractivity contribution in [1.29, 1.82) is 0 Å². The van der Waals surface area contributed by atoms with Gasteiger partial charge in [0.25, 0.3) is 0 Å². The second-order valence-corrected chi connectivity index (χ2v) is 10.5. The van der Waals surface area contributed by atoms with Crippen molar-refractivity contribution in [3.8, 4) is 16.9 Å². The summed E-state index contributed by atoms with van der Waals surface area (Å²) in [6.07, 6.45) is 13.2. The van der Waals surface area contributed by atoms with Crippen LogP contribution in [0.15, 0.2) is 35.9 Å². The van der Waals surface area contributed by atoms with Crippen LogP contribution in [0.3, 0.4) is 0 Å². The molecule has 196 valence electrons. The molecule has 0 aromatic heterocycles. The van der Waals surface area contributed by atoms with Crippen LogP contribution in [0.25, 0.3) is 11.1 Å². The van der Waals surface area contributed by atoms with Crippen LogP contribution in [0.4, 0.5) is 17.6 Å². The number of ether oxygens (including phenoxy) is 1. The highest BCUT2D eigenvalue weighted by molar-refractivity contribution is 5.66. The lowest BCUT2D eigenvalue weighted by Crippen LogP contribution is -2.13. The van der Waals surface area contributed by atoms with E-state index in [9.17, 15) is 8.78 Å². The number of benzene rings is 2. The quantitative estimate of drug-likeness (QED) is 0.159. The Morgan fingerprint density at radius 1 is 0.778 bits per heavy atom. The zero-order valence-corrected chi connectivity index (χ0v) is 21.5. The van der Waals surface area contributed by atoms with Crippen LogP contribution >= 0.6 is 0 Å². The van der Waals surface area contributed by atoms with E-state index in [0.717, 1.165) is 51.4 Å². The molecule has 0 amide bonds. The van der Waals surface area contributed by atoms with Gasteiger partial charge in [0.05, 0.1) is 6.61 Å². The fourth-order valence-corrected chi connectivity index (χ4v) is 6.23. The van der Waals surface area contributed by atoms with Crippen LogP contribution in [0, 0.1) is 41.0 Å². The molecule has 3 atom stereocenters. The van der Waals surface area contributed by atoms with Gasteiger partial charge in [-0.15, -0.1) is 0 Å². The summed E-state index contributed by atoms with van der Waals surface area (Å²) in [4.78, 5) is 0. The van der Waals surface area contributed by atoms with E-state index in [4.69, 9.17) is 4.74 Å². The molecule has 1 fully saturated rings. The summed E-state index contributed by atoms with van der Waals surface area (Å²) in [5, 5.41) is 0. The molecule has 2 aliphatic rings. The smallest absolute Gasteiger partial charge is 0.201 e. The molecule has 4 rings (SSSR count). The van der Waals surface area contributed by atoms with Crippen LogP contribution < -0.4 is 4.74 Å². The molecular weight excluding hydrogens is 464 g/mol. The first-order valence-electron chi connectivity index (χ1n) is 13.7. The summed E-state index contributed by atoms with van der Waals surface area (Å²) in [6.45, 7) is 4.58. The number of allylic oxidation sites excluding steroid dienone is 2. The van der Waals surface area contributed by atoms with Crippen molar-refractivity contribution in [3.05, 3.63) is 64.7 Å². The molecule has 2 aromatic carbocycles. The van der Waals surface area contributed by atoms with Gasteiger partial charge in [-0.1, -0.05) is 63.3 Å². The standard InChI is InChI=1S/C31H38F4O/c1-3-5-6-7-19-36-27-18-17-26(30(34)31(27)35)25-16-13-22(28(32)29(25)33)10-9-21-12-15-23-20(8-4-2)11-14-24(21)23/h11,13,16-18,21,23-24H,3-10,12,14-15,19H2,1-2H3. The normalized spacial score (nSPS) is 21.1. The molecule has 1 nitrogen and oxygen atoms in total. The van der Waals surface area contributed by atoms with Gasteiger partial charge in [-0.05, 0) is 80.4 Å². The first-order valence-corrected chi connectivity index (χ1v) is 13.7. The van der Waals surface area contributed by atoms with Gasteiger partial charge in [-0.2, -0.15) is 4.39 Å². The number of aryl methyl sites for hydroxylation is 1. The molecule has 0 radical (unpaired) electrons. The first-order chi connectivity index (χ1) is 17.5. The lowest BCUT2D eigenvalue weighted by atomic mass is 9.85. The minimum atomic E-state index is -1.22. The van der Waals surface area contributed by atoms with Crippen LogP contribution in [0.1, 0.15) is 83.6 Å². The summed E-state index contributed by atoms with van der Waals surface area (Å²) < 4.78 is 64.8. The Labute approximate surface area is 212 Å². The summed E-state index contributed by atoms with van der Waals surface area (Å²) in [7, 11) is 0. The van der Waals surface area contributed by atoms with Gasteiger partial charge in [0, 0.05) is 11.1 Å². The van der Waals surface area contributed by atoms with Crippen LogP contribution in [-0.2, 0) is 6.42 Å². The van der Waals surface area contributed by atoms with Gasteiger partial charge >= 0.3 is 0 Å². The zero-order valence-electron chi connectivity index (χ0n) is 21.5. The zero-order chi connectivity index (χ0) is 25.7. The maximum atomic E-state index is 15.0. The Hall–Kier alpha value is -2.30. The van der Waals surface area contributed by atoms with Gasteiger partial charge in [0.1, 0.15) is 0 Å². The van der Waals surface area contributed by atoms with E-state index in [0.29, 0.717) is 29.7 Å². The van der Waals surface area contributed by atoms with E-state index in [1.54, 1.807) is 5.57 Å². The molecule has 1 saturated carbocycles. The number of halogens is 4. The highest BCUT2D eigenvalue weighted by atomic mass is 19.2. The van der Waals surface area contributed by atoms with Crippen molar-refractivity contribution in [2.45, 2.75) is 84.5 Å². The second kappa shape index (κ2) is 12.3. The Kier molecular flexibility index (Phi) is 9.14. The molecule has 0 bridgehead atoms. The summed E-state index contributed by atoms with van der Waals surface area (Å²) in [6, 6.07) is 5.44. The van der Waals surface area contributed by atoms with Gasteiger partial charge < -0.3 is 4.74 Å². The third-order valence-electron chi connectivity index (χ3n) is 8.18. The third-order valence-corrected chi connectivity index (χ3v) is 8.18. The SMILES string of the molecule is CCCCCCOc1ccc(-c2ccc(CCC3CCC4C(CCC)=CCC34)c(F)c2F)c(F)c1F. The molecular formula is C31H38F4O. The van der Waals surface area contributed by atoms with Crippen LogP contribution in [0.2, 0.25) is 0 Å². The van der Waals surface area contributed by atoms with Gasteiger partial charge in [0.2, 0.25) is 5.82 Å². The van der Waals surface area contributed by atoms with Crippen LogP contribution in [-0.4, -0.2) is 6.61 Å². The van der Waals surface area contributed by atoms with Gasteiger partial charge in [-0.3, -0.25) is 0 Å². The predicted octanol–water partition coefficient (Wildman–Crippen LogP) is 9.57. The fraction of sp³-hybridized carbons (Fsp3) is 0.548. The fourth-order valence-electron chi connectivity index (χ4n) is 6.23. The maximum absolute atomic E-state index is 15.0. The second-order valence-electron chi connectivity index (χ2n) is 10.5. The number of rotatable bonds is 12. The highest BCUT2D eigenvalue weighted by Crippen LogP contribution is 2.50. The topological polar surface area (TPSA) is 9.23 Å². The van der Waals surface area contributed by atoms with Crippen molar-refractivity contribution < 1.29 is 22.3 Å². The average molecular weight is 503 g/mol. The Morgan fingerprint density at radius 3 is 2.28 bits per heavy atom. The van der Waals surface area contributed by atoms with Crippen molar-refractivity contribution in [2.24, 2.45) is 17.8 Å². The van der Waals surface area contributed by atoms with Crippen molar-refractivity contribution in [3.63, 3.8) is 0 Å². The van der Waals surface area contributed by atoms with Gasteiger partial charge in [0.15, 0.2) is 23.2 Å². The van der Waals surface area contributed by atoms with E-state index in [1.165, 1.54) is 37.1 Å². The molecule has 0 aliphatic heterocycles. The lowest BCUT2D eigenvalue weighted by molar-refractivity contribution is 0.285. The molecule has 2 aromatic rings. The predicted molar refractivity (Wildman–Crippen MR) is 137 cm³/mol. The molecule has 3 unspecified atom stereocenters. The molecule has 0 N–H and O–H groups in total. The summed E-state index contributed by atoms with van der Waals surface area (Å²) >= 11 is 0. The van der Waals surface area contributed by atoms with Crippen molar-refractivity contribution in [2.75, 3.05) is 6.61 Å². The Balaban J connectivity index is 1.41. The molecule has 36 heavy (non-hydrogen) atoms. The summed E-state index contributed by atoms with van der Waals surface area (Å²) in [5.41, 5.74) is 1.32. The van der Waals surface area contributed by atoms with E-state index in [1.807, 2.05) is 0 Å². The van der Waals surface area contributed by atoms with Gasteiger partial charge in [-0.25, -0.2) is 13.2 Å². The average Bonchev–Trinajstić information content (AvgIpc) is 3.46. The monoisotopic (exact) mass is 502 g/mol. The lowest BCUT2D eigenvalue weighted by Gasteiger charge is -2.20. The van der Waals surface area contributed by atoms with E-state index >= 15 is 8.78 Å². The Morgan fingerprint density at radius 2 is 1.53 bits per heavy atom. The third kappa shape index (κ3) is 5.65.